The van der Waals surface area contributed by atoms with Gasteiger partial charge in [0.05, 0.1) is 0 Å². The quantitative estimate of drug-likeness (QED) is 0.941. The van der Waals surface area contributed by atoms with E-state index in [0.29, 0.717) is 6.04 Å². The molecule has 0 aliphatic heterocycles. The van der Waals surface area contributed by atoms with E-state index in [1.165, 1.54) is 24.8 Å². The van der Waals surface area contributed by atoms with Crippen LogP contribution in [-0.2, 0) is 0 Å². The number of anilines is 1. The van der Waals surface area contributed by atoms with Crippen LogP contribution in [-0.4, -0.2) is 21.0 Å². The van der Waals surface area contributed by atoms with Gasteiger partial charge in [0, 0.05) is 35.3 Å². The van der Waals surface area contributed by atoms with Crippen molar-refractivity contribution in [2.75, 3.05) is 5.32 Å². The lowest BCUT2D eigenvalue weighted by molar-refractivity contribution is 0.456. The molecule has 0 radical (unpaired) electrons. The number of nitrogens with one attached hydrogen (secondary N) is 1. The van der Waals surface area contributed by atoms with E-state index in [1.54, 1.807) is 12.4 Å². The first-order valence-electron chi connectivity index (χ1n) is 8.74. The van der Waals surface area contributed by atoms with Crippen LogP contribution in [0.5, 0.6) is 0 Å². The van der Waals surface area contributed by atoms with Gasteiger partial charge in [0.25, 0.3) is 0 Å². The van der Waals surface area contributed by atoms with Gasteiger partial charge in [-0.3, -0.25) is 4.98 Å². The maximum absolute atomic E-state index is 4.83. The van der Waals surface area contributed by atoms with Crippen molar-refractivity contribution in [2.24, 2.45) is 23.7 Å². The molecule has 3 saturated carbocycles. The number of aromatic nitrogens is 3. The number of hydrogen-bond donors (Lipinski definition) is 1. The molecule has 0 amide bonds. The third-order valence-corrected chi connectivity index (χ3v) is 6.37. The highest BCUT2D eigenvalue weighted by molar-refractivity contribution is 5.59. The Bertz CT molecular complexity index is 741. The molecule has 2 bridgehead atoms. The molecule has 3 aliphatic rings. The highest BCUT2D eigenvalue weighted by Gasteiger charge is 2.65. The summed E-state index contributed by atoms with van der Waals surface area (Å²) in [7, 11) is 0. The van der Waals surface area contributed by atoms with Crippen molar-refractivity contribution in [3.05, 3.63) is 35.8 Å². The predicted molar refractivity (Wildman–Crippen MR) is 90.0 cm³/mol. The van der Waals surface area contributed by atoms with Gasteiger partial charge in [0.2, 0.25) is 0 Å². The fourth-order valence-electron chi connectivity index (χ4n) is 5.08. The Morgan fingerprint density at radius 3 is 2.39 bits per heavy atom. The molecule has 0 saturated heterocycles. The third kappa shape index (κ3) is 2.00. The van der Waals surface area contributed by atoms with Crippen LogP contribution in [0.4, 0.5) is 5.82 Å². The van der Waals surface area contributed by atoms with Crippen LogP contribution in [0.2, 0.25) is 0 Å². The number of hydrogen-bond acceptors (Lipinski definition) is 4. The average Bonchev–Trinajstić information content (AvgIpc) is 2.94. The first kappa shape index (κ1) is 13.5. The minimum Gasteiger partial charge on any atom is -0.366 e. The molecule has 3 aliphatic carbocycles. The molecule has 4 heteroatoms. The molecule has 4 atom stereocenters. The summed E-state index contributed by atoms with van der Waals surface area (Å²) >= 11 is 0. The number of rotatable bonds is 3. The summed E-state index contributed by atoms with van der Waals surface area (Å²) in [6.45, 7) is 4.20. The Morgan fingerprint density at radius 1 is 1.00 bits per heavy atom. The second-order valence-corrected chi connectivity index (χ2v) is 7.50. The smallest absolute Gasteiger partial charge is 0.161 e. The zero-order chi connectivity index (χ0) is 15.6. The van der Waals surface area contributed by atoms with Crippen LogP contribution in [0.3, 0.4) is 0 Å². The lowest BCUT2D eigenvalue weighted by atomic mass is 10.0. The van der Waals surface area contributed by atoms with Crippen LogP contribution < -0.4 is 5.32 Å². The molecule has 118 valence electrons. The van der Waals surface area contributed by atoms with E-state index < -0.39 is 0 Å². The van der Waals surface area contributed by atoms with E-state index >= 15 is 0 Å². The monoisotopic (exact) mass is 306 g/mol. The molecule has 2 heterocycles. The van der Waals surface area contributed by atoms with E-state index in [2.05, 4.69) is 29.1 Å². The third-order valence-electron chi connectivity index (χ3n) is 6.37. The zero-order valence-corrected chi connectivity index (χ0v) is 13.7. The van der Waals surface area contributed by atoms with Gasteiger partial charge < -0.3 is 5.32 Å². The highest BCUT2D eigenvalue weighted by Crippen LogP contribution is 2.66. The second kappa shape index (κ2) is 4.76. The molecule has 0 spiro atoms. The maximum atomic E-state index is 4.83. The second-order valence-electron chi connectivity index (χ2n) is 7.50. The molecule has 0 aromatic carbocycles. The van der Waals surface area contributed by atoms with E-state index in [4.69, 9.17) is 4.98 Å². The lowest BCUT2D eigenvalue weighted by Crippen LogP contribution is -2.15. The maximum Gasteiger partial charge on any atom is 0.161 e. The topological polar surface area (TPSA) is 50.7 Å². The summed E-state index contributed by atoms with van der Waals surface area (Å²) in [4.78, 5) is 13.6. The van der Waals surface area contributed by atoms with Crippen molar-refractivity contribution in [3.63, 3.8) is 0 Å². The molecule has 23 heavy (non-hydrogen) atoms. The van der Waals surface area contributed by atoms with Gasteiger partial charge in [-0.25, -0.2) is 9.97 Å². The van der Waals surface area contributed by atoms with E-state index in [-0.39, 0.29) is 0 Å². The van der Waals surface area contributed by atoms with E-state index in [9.17, 15) is 0 Å². The molecule has 2 aromatic rings. The summed E-state index contributed by atoms with van der Waals surface area (Å²) in [6, 6.07) is 4.60. The summed E-state index contributed by atoms with van der Waals surface area (Å²) in [6.07, 6.45) is 7.98. The normalized spacial score (nSPS) is 33.6. The number of aryl methyl sites for hydroxylation is 1. The number of nitrogens with zero attached hydrogens (tertiary/aromatic N) is 3. The van der Waals surface area contributed by atoms with E-state index in [0.717, 1.165) is 46.6 Å². The Balaban J connectivity index is 1.45. The first-order chi connectivity index (χ1) is 11.2. The van der Waals surface area contributed by atoms with Crippen LogP contribution in [0.25, 0.3) is 11.4 Å². The van der Waals surface area contributed by atoms with Crippen molar-refractivity contribution in [1.29, 1.82) is 0 Å². The summed E-state index contributed by atoms with van der Waals surface area (Å²) < 4.78 is 0. The van der Waals surface area contributed by atoms with Crippen LogP contribution in [0.15, 0.2) is 24.5 Å². The minimum absolute atomic E-state index is 0.652. The molecule has 4 unspecified atom stereocenters. The van der Waals surface area contributed by atoms with Crippen LogP contribution in [0.1, 0.15) is 30.5 Å². The van der Waals surface area contributed by atoms with Crippen molar-refractivity contribution < 1.29 is 0 Å². The Hall–Kier alpha value is -1.97. The molecule has 1 N–H and O–H groups in total. The zero-order valence-electron chi connectivity index (χ0n) is 13.7. The SMILES string of the molecule is Cc1nc(-c2ccncc2)nc(NC2C3C4CCC(C4)C23)c1C. The number of fused-ring (bicyclic) bond motifs is 5. The standard InChI is InChI=1S/C19H22N4/c1-10-11(2)21-19(12-5-7-20-8-6-12)23-18(10)22-17-15-13-3-4-14(9-13)16(15)17/h5-8,13-17H,3-4,9H2,1-2H3,(H,21,22,23). The van der Waals surface area contributed by atoms with Crippen molar-refractivity contribution in [1.82, 2.24) is 15.0 Å². The van der Waals surface area contributed by atoms with Gasteiger partial charge in [-0.05, 0) is 68.9 Å². The van der Waals surface area contributed by atoms with Gasteiger partial charge in [-0.2, -0.15) is 0 Å². The molecule has 5 rings (SSSR count). The van der Waals surface area contributed by atoms with Gasteiger partial charge in [-0.15, -0.1) is 0 Å². The molecule has 4 nitrogen and oxygen atoms in total. The summed E-state index contributed by atoms with van der Waals surface area (Å²) in [5, 5.41) is 3.77. The largest absolute Gasteiger partial charge is 0.366 e. The van der Waals surface area contributed by atoms with Crippen molar-refractivity contribution in [2.45, 2.75) is 39.2 Å². The molecule has 2 aromatic heterocycles. The van der Waals surface area contributed by atoms with Gasteiger partial charge in [-0.1, -0.05) is 0 Å². The lowest BCUT2D eigenvalue weighted by Gasteiger charge is -2.15. The fourth-order valence-corrected chi connectivity index (χ4v) is 5.08. The van der Waals surface area contributed by atoms with Crippen molar-refractivity contribution >= 4 is 5.82 Å². The van der Waals surface area contributed by atoms with Gasteiger partial charge in [0.1, 0.15) is 5.82 Å². The Labute approximate surface area is 136 Å². The first-order valence-corrected chi connectivity index (χ1v) is 8.74. The van der Waals surface area contributed by atoms with Crippen molar-refractivity contribution in [3.8, 4) is 11.4 Å². The highest BCUT2D eigenvalue weighted by atomic mass is 15.1. The summed E-state index contributed by atoms with van der Waals surface area (Å²) in [5.74, 6) is 5.60. The fraction of sp³-hybridized carbons (Fsp3) is 0.526. The average molecular weight is 306 g/mol. The molecule has 3 fully saturated rings. The molecular formula is C19H22N4. The van der Waals surface area contributed by atoms with E-state index in [1.807, 2.05) is 12.1 Å². The summed E-state index contributed by atoms with van der Waals surface area (Å²) in [5.41, 5.74) is 3.27. The van der Waals surface area contributed by atoms with Gasteiger partial charge in [0.15, 0.2) is 5.82 Å². The Kier molecular flexibility index (Phi) is 2.79. The predicted octanol–water partition coefficient (Wildman–Crippen LogP) is 3.61. The number of pyridine rings is 1. The molecular weight excluding hydrogens is 284 g/mol. The van der Waals surface area contributed by atoms with Crippen LogP contribution in [0, 0.1) is 37.5 Å². The Morgan fingerprint density at radius 2 is 1.70 bits per heavy atom. The van der Waals surface area contributed by atoms with Gasteiger partial charge >= 0.3 is 0 Å². The van der Waals surface area contributed by atoms with Crippen LogP contribution >= 0.6 is 0 Å². The minimum atomic E-state index is 0.652.